The van der Waals surface area contributed by atoms with Crippen LogP contribution in [0, 0.1) is 10.1 Å². The SMILES string of the molecule is COc1ccc(-n2cc(CO[C@@H]3COc4nc([N+](=O)[O-])cn4C3)nn2)cn1. The Morgan fingerprint density at radius 3 is 3.04 bits per heavy atom. The first kappa shape index (κ1) is 16.9. The van der Waals surface area contributed by atoms with E-state index >= 15 is 0 Å². The molecule has 0 bridgehead atoms. The summed E-state index contributed by atoms with van der Waals surface area (Å²) in [7, 11) is 1.55. The van der Waals surface area contributed by atoms with Gasteiger partial charge in [-0.25, -0.2) is 9.67 Å². The molecular formula is C15H15N7O5. The molecule has 0 saturated carbocycles. The molecule has 1 aliphatic rings. The minimum atomic E-state index is -0.559. The summed E-state index contributed by atoms with van der Waals surface area (Å²) >= 11 is 0. The molecule has 0 amide bonds. The summed E-state index contributed by atoms with van der Waals surface area (Å²) in [5.74, 6) is 0.264. The molecule has 0 aromatic carbocycles. The van der Waals surface area contributed by atoms with Crippen molar-refractivity contribution in [3.05, 3.63) is 46.5 Å². The van der Waals surface area contributed by atoms with E-state index in [1.165, 1.54) is 6.20 Å². The maximum absolute atomic E-state index is 10.8. The molecule has 3 aromatic heterocycles. The minimum Gasteiger partial charge on any atom is -0.481 e. The first-order valence-electron chi connectivity index (χ1n) is 8.00. The largest absolute Gasteiger partial charge is 0.481 e. The van der Waals surface area contributed by atoms with Crippen molar-refractivity contribution in [2.45, 2.75) is 19.3 Å². The normalized spacial score (nSPS) is 15.8. The Labute approximate surface area is 152 Å². The van der Waals surface area contributed by atoms with Crippen LogP contribution in [0.25, 0.3) is 5.69 Å². The fourth-order valence-electron chi connectivity index (χ4n) is 2.58. The first-order valence-corrected chi connectivity index (χ1v) is 8.00. The lowest BCUT2D eigenvalue weighted by molar-refractivity contribution is -0.389. The van der Waals surface area contributed by atoms with Crippen molar-refractivity contribution in [2.24, 2.45) is 0 Å². The zero-order valence-corrected chi connectivity index (χ0v) is 14.3. The molecular weight excluding hydrogens is 358 g/mol. The van der Waals surface area contributed by atoms with Crippen LogP contribution in [0.5, 0.6) is 11.9 Å². The zero-order chi connectivity index (χ0) is 18.8. The van der Waals surface area contributed by atoms with E-state index in [2.05, 4.69) is 20.3 Å². The van der Waals surface area contributed by atoms with Crippen molar-refractivity contribution in [3.63, 3.8) is 0 Å². The Morgan fingerprint density at radius 1 is 1.41 bits per heavy atom. The van der Waals surface area contributed by atoms with Gasteiger partial charge in [0.25, 0.3) is 0 Å². The Kier molecular flexibility index (Phi) is 4.38. The van der Waals surface area contributed by atoms with Crippen molar-refractivity contribution in [1.82, 2.24) is 29.5 Å². The number of methoxy groups -OCH3 is 1. The number of fused-ring (bicyclic) bond motifs is 1. The van der Waals surface area contributed by atoms with Crippen LogP contribution >= 0.6 is 0 Å². The van der Waals surface area contributed by atoms with Gasteiger partial charge in [-0.1, -0.05) is 5.21 Å². The Bertz CT molecular complexity index is 952. The third-order valence-electron chi connectivity index (χ3n) is 3.92. The number of hydrogen-bond donors (Lipinski definition) is 0. The lowest BCUT2D eigenvalue weighted by Gasteiger charge is -2.21. The lowest BCUT2D eigenvalue weighted by atomic mass is 10.3. The van der Waals surface area contributed by atoms with Gasteiger partial charge >= 0.3 is 11.8 Å². The monoisotopic (exact) mass is 373 g/mol. The molecule has 4 heterocycles. The predicted molar refractivity (Wildman–Crippen MR) is 88.7 cm³/mol. The number of ether oxygens (including phenoxy) is 3. The van der Waals surface area contributed by atoms with Crippen LogP contribution in [0.2, 0.25) is 0 Å². The second-order valence-corrected chi connectivity index (χ2v) is 5.75. The fourth-order valence-corrected chi connectivity index (χ4v) is 2.58. The highest BCUT2D eigenvalue weighted by Gasteiger charge is 2.28. The van der Waals surface area contributed by atoms with Gasteiger partial charge in [0.2, 0.25) is 5.88 Å². The molecule has 12 nitrogen and oxygen atoms in total. The van der Waals surface area contributed by atoms with E-state index in [9.17, 15) is 10.1 Å². The number of nitro groups is 1. The molecule has 1 aliphatic heterocycles. The average molecular weight is 373 g/mol. The third kappa shape index (κ3) is 3.55. The molecule has 0 saturated heterocycles. The first-order chi connectivity index (χ1) is 13.1. The van der Waals surface area contributed by atoms with Gasteiger partial charge in [-0.2, -0.15) is 0 Å². The van der Waals surface area contributed by atoms with Crippen molar-refractivity contribution in [1.29, 1.82) is 0 Å². The molecule has 140 valence electrons. The Morgan fingerprint density at radius 2 is 2.30 bits per heavy atom. The maximum Gasteiger partial charge on any atom is 0.414 e. The van der Waals surface area contributed by atoms with Gasteiger partial charge < -0.3 is 24.3 Å². The molecule has 1 atom stereocenters. The van der Waals surface area contributed by atoms with E-state index in [4.69, 9.17) is 14.2 Å². The van der Waals surface area contributed by atoms with E-state index in [1.807, 2.05) is 6.07 Å². The van der Waals surface area contributed by atoms with Crippen LogP contribution < -0.4 is 9.47 Å². The maximum atomic E-state index is 10.8. The highest BCUT2D eigenvalue weighted by atomic mass is 16.6. The van der Waals surface area contributed by atoms with Gasteiger partial charge in [0.15, 0.2) is 0 Å². The topological polar surface area (TPSA) is 132 Å². The van der Waals surface area contributed by atoms with Gasteiger partial charge in [0.1, 0.15) is 24.6 Å². The fraction of sp³-hybridized carbons (Fsp3) is 0.333. The van der Waals surface area contributed by atoms with Crippen LogP contribution in [-0.2, 0) is 17.9 Å². The van der Waals surface area contributed by atoms with Gasteiger partial charge in [-0.05, 0) is 11.0 Å². The Balaban J connectivity index is 1.36. The number of imidazole rings is 1. The molecule has 0 fully saturated rings. The van der Waals surface area contributed by atoms with Crippen molar-refractivity contribution < 1.29 is 19.1 Å². The summed E-state index contributed by atoms with van der Waals surface area (Å²) in [5, 5.41) is 18.9. The van der Waals surface area contributed by atoms with E-state index < -0.39 is 4.92 Å². The van der Waals surface area contributed by atoms with Crippen LogP contribution in [0.4, 0.5) is 5.82 Å². The number of pyridine rings is 1. The molecule has 27 heavy (non-hydrogen) atoms. The van der Waals surface area contributed by atoms with Crippen LogP contribution in [0.3, 0.4) is 0 Å². The zero-order valence-electron chi connectivity index (χ0n) is 14.3. The average Bonchev–Trinajstić information content (AvgIpc) is 3.33. The molecule has 12 heteroatoms. The minimum absolute atomic E-state index is 0.222. The van der Waals surface area contributed by atoms with Gasteiger partial charge in [-0.3, -0.25) is 4.57 Å². The van der Waals surface area contributed by atoms with Gasteiger partial charge in [-0.15, -0.1) is 5.10 Å². The lowest BCUT2D eigenvalue weighted by Crippen LogP contribution is -2.32. The molecule has 4 rings (SSSR count). The van der Waals surface area contributed by atoms with E-state index in [1.54, 1.807) is 34.8 Å². The van der Waals surface area contributed by atoms with Crippen molar-refractivity contribution in [3.8, 4) is 17.6 Å². The molecule has 0 aliphatic carbocycles. The number of rotatable bonds is 6. The van der Waals surface area contributed by atoms with Gasteiger partial charge in [0.05, 0.1) is 38.3 Å². The quantitative estimate of drug-likeness (QED) is 0.453. The second-order valence-electron chi connectivity index (χ2n) is 5.75. The Hall–Kier alpha value is -3.54. The van der Waals surface area contributed by atoms with Gasteiger partial charge in [0, 0.05) is 11.1 Å². The highest BCUT2D eigenvalue weighted by Crippen LogP contribution is 2.22. The van der Waals surface area contributed by atoms with Crippen LogP contribution in [0.1, 0.15) is 5.69 Å². The van der Waals surface area contributed by atoms with Crippen molar-refractivity contribution >= 4 is 5.82 Å². The number of nitrogens with zero attached hydrogens (tertiary/aromatic N) is 7. The molecule has 0 radical (unpaired) electrons. The van der Waals surface area contributed by atoms with E-state index in [-0.39, 0.29) is 31.1 Å². The van der Waals surface area contributed by atoms with Crippen molar-refractivity contribution in [2.75, 3.05) is 13.7 Å². The number of hydrogen-bond acceptors (Lipinski definition) is 9. The van der Waals surface area contributed by atoms with Crippen LogP contribution in [0.15, 0.2) is 30.7 Å². The highest BCUT2D eigenvalue weighted by molar-refractivity contribution is 5.30. The second kappa shape index (κ2) is 6.99. The summed E-state index contributed by atoms with van der Waals surface area (Å²) in [6.07, 6.45) is 4.41. The molecule has 3 aromatic rings. The smallest absolute Gasteiger partial charge is 0.414 e. The predicted octanol–water partition coefficient (Wildman–Crippen LogP) is 0.753. The molecule has 0 spiro atoms. The van der Waals surface area contributed by atoms with E-state index in [0.717, 1.165) is 5.69 Å². The molecule has 0 N–H and O–H groups in total. The van der Waals surface area contributed by atoms with E-state index in [0.29, 0.717) is 18.1 Å². The standard InChI is InChI=1S/C15H15N7O5/c1-25-14-3-2-11(4-16-14)21-5-10(18-19-21)8-26-12-6-20-7-13(22(23)24)17-15(20)27-9-12/h2-5,7,12H,6,8-9H2,1H3/t12-/m0/s1. The third-order valence-corrected chi connectivity index (χ3v) is 3.92. The number of aromatic nitrogens is 6. The molecule has 0 unspecified atom stereocenters. The summed E-state index contributed by atoms with van der Waals surface area (Å²) in [5.41, 5.74) is 1.37. The van der Waals surface area contributed by atoms with Crippen LogP contribution in [-0.4, -0.2) is 54.3 Å². The summed E-state index contributed by atoms with van der Waals surface area (Å²) < 4.78 is 19.4. The summed E-state index contributed by atoms with van der Waals surface area (Å²) in [4.78, 5) is 18.1. The summed E-state index contributed by atoms with van der Waals surface area (Å²) in [6.45, 7) is 0.890. The summed E-state index contributed by atoms with van der Waals surface area (Å²) in [6, 6.07) is 3.77.